The van der Waals surface area contributed by atoms with Crippen LogP contribution in [0.2, 0.25) is 0 Å². The molecule has 11 heteroatoms. The van der Waals surface area contributed by atoms with Gasteiger partial charge in [0.15, 0.2) is 0 Å². The molecule has 2 amide bonds. The molecule has 0 spiro atoms. The van der Waals surface area contributed by atoms with Crippen molar-refractivity contribution >= 4 is 11.8 Å². The van der Waals surface area contributed by atoms with Crippen molar-refractivity contribution in [2.45, 2.75) is 193 Å². The van der Waals surface area contributed by atoms with E-state index in [0.717, 1.165) is 77.4 Å². The quantitative estimate of drug-likeness (QED) is 0.0519. The number of alkyl halides is 6. The Hall–Kier alpha value is -1.52. The fraction of sp³-hybridized carbons (Fsp3) is 0.946. The number of carbonyl (C=O) groups excluding carboxylic acids is 2. The number of hydrogen-bond acceptors (Lipinski definition) is 3. The molecular weight excluding hydrogens is 632 g/mol. The molecule has 0 unspecified atom stereocenters. The molecule has 0 saturated carbocycles. The number of carbonyl (C=O) groups is 2. The van der Waals surface area contributed by atoms with Gasteiger partial charge in [-0.2, -0.15) is 26.3 Å². The van der Waals surface area contributed by atoms with Crippen LogP contribution >= 0.6 is 0 Å². The van der Waals surface area contributed by atoms with Gasteiger partial charge >= 0.3 is 24.2 Å². The van der Waals surface area contributed by atoms with Crippen LogP contribution in [0.25, 0.3) is 0 Å². The summed E-state index contributed by atoms with van der Waals surface area (Å²) in [6, 6.07) is 0. The molecule has 286 valence electrons. The molecule has 0 radical (unpaired) electrons. The van der Waals surface area contributed by atoms with Gasteiger partial charge in [0.05, 0.1) is 0 Å². The van der Waals surface area contributed by atoms with Crippen molar-refractivity contribution in [3.05, 3.63) is 0 Å². The summed E-state index contributed by atoms with van der Waals surface area (Å²) in [5.41, 5.74) is 0. The molecule has 2 N–H and O–H groups in total. The molecule has 48 heavy (non-hydrogen) atoms. The molecule has 0 rings (SSSR count). The minimum absolute atomic E-state index is 0.0475. The molecule has 0 aliphatic rings. The maximum absolute atomic E-state index is 12.3. The highest BCUT2D eigenvalue weighted by Crippen LogP contribution is 2.17. The molecule has 0 saturated heterocycles. The van der Waals surface area contributed by atoms with Gasteiger partial charge in [0.25, 0.3) is 0 Å². The number of hydrogen-bond donors (Lipinski definition) is 2. The van der Waals surface area contributed by atoms with Crippen molar-refractivity contribution in [1.82, 2.24) is 15.5 Å². The van der Waals surface area contributed by atoms with Crippen molar-refractivity contribution < 1.29 is 35.9 Å². The van der Waals surface area contributed by atoms with Gasteiger partial charge in [0.1, 0.15) is 0 Å². The Labute approximate surface area is 288 Å². The Bertz CT molecular complexity index is 750. The highest BCUT2D eigenvalue weighted by Gasteiger charge is 2.38. The molecule has 0 atom stereocenters. The van der Waals surface area contributed by atoms with Gasteiger partial charge in [-0.1, -0.05) is 148 Å². The highest BCUT2D eigenvalue weighted by molar-refractivity contribution is 5.81. The maximum Gasteiger partial charge on any atom is 0.471 e. The van der Waals surface area contributed by atoms with Gasteiger partial charge in [-0.25, -0.2) is 0 Å². The first-order valence-electron chi connectivity index (χ1n) is 19.4. The van der Waals surface area contributed by atoms with Crippen LogP contribution in [0.1, 0.15) is 180 Å². The number of amides is 2. The van der Waals surface area contributed by atoms with E-state index in [1.165, 1.54) is 103 Å². The first-order valence-corrected chi connectivity index (χ1v) is 19.4. The second kappa shape index (κ2) is 31.5. The molecule has 0 aromatic heterocycles. The highest BCUT2D eigenvalue weighted by atomic mass is 19.4. The molecule has 0 bridgehead atoms. The van der Waals surface area contributed by atoms with Gasteiger partial charge in [-0.15, -0.1) is 0 Å². The lowest BCUT2D eigenvalue weighted by Gasteiger charge is -2.22. The third kappa shape index (κ3) is 31.7. The fourth-order valence-electron chi connectivity index (χ4n) is 5.98. The standard InChI is InChI=1S/C37H69F6N3O2/c1-2-3-4-5-6-7-8-9-10-11-12-13-14-16-21-26-31-46(33-28-23-18-20-25-30-45-35(48)37(41,42)43)32-27-22-17-15-19-24-29-44-34(47)36(38,39)40/h2-33H2,1H3,(H,44,47)(H,45,48). The van der Waals surface area contributed by atoms with Crippen LogP contribution in [-0.4, -0.2) is 61.8 Å². The van der Waals surface area contributed by atoms with E-state index in [2.05, 4.69) is 11.8 Å². The molecule has 0 aromatic rings. The van der Waals surface area contributed by atoms with Crippen LogP contribution in [0, 0.1) is 0 Å². The number of nitrogens with one attached hydrogen (secondary N) is 2. The molecule has 5 nitrogen and oxygen atoms in total. The Kier molecular flexibility index (Phi) is 30.5. The summed E-state index contributed by atoms with van der Waals surface area (Å²) in [6.45, 7) is 5.45. The first kappa shape index (κ1) is 46.5. The average molecular weight is 702 g/mol. The van der Waals surface area contributed by atoms with E-state index >= 15 is 0 Å². The van der Waals surface area contributed by atoms with Gasteiger partial charge in [-0.3, -0.25) is 9.59 Å². The van der Waals surface area contributed by atoms with E-state index in [-0.39, 0.29) is 13.1 Å². The summed E-state index contributed by atoms with van der Waals surface area (Å²) in [5.74, 6) is -3.75. The third-order valence-corrected chi connectivity index (χ3v) is 8.97. The van der Waals surface area contributed by atoms with Crippen LogP contribution in [-0.2, 0) is 9.59 Å². The second-order valence-corrected chi connectivity index (χ2v) is 13.5. The number of unbranched alkanes of at least 4 members (excludes halogenated alkanes) is 24. The molecule has 0 heterocycles. The Morgan fingerprint density at radius 1 is 0.396 bits per heavy atom. The van der Waals surface area contributed by atoms with E-state index in [0.29, 0.717) is 12.8 Å². The normalized spacial score (nSPS) is 12.2. The van der Waals surface area contributed by atoms with Crippen LogP contribution in [0.5, 0.6) is 0 Å². The van der Waals surface area contributed by atoms with Crippen molar-refractivity contribution in [3.8, 4) is 0 Å². The number of halogens is 6. The lowest BCUT2D eigenvalue weighted by atomic mass is 10.0. The summed E-state index contributed by atoms with van der Waals surface area (Å²) >= 11 is 0. The second-order valence-electron chi connectivity index (χ2n) is 13.5. The van der Waals surface area contributed by atoms with Crippen LogP contribution < -0.4 is 10.6 Å². The van der Waals surface area contributed by atoms with Crippen LogP contribution in [0.15, 0.2) is 0 Å². The van der Waals surface area contributed by atoms with E-state index in [1.807, 2.05) is 10.6 Å². The maximum atomic E-state index is 12.3. The molecule has 0 aromatic carbocycles. The zero-order chi connectivity index (χ0) is 35.8. The Morgan fingerprint density at radius 2 is 0.625 bits per heavy atom. The van der Waals surface area contributed by atoms with E-state index in [4.69, 9.17) is 0 Å². The molecule has 0 fully saturated rings. The van der Waals surface area contributed by atoms with Gasteiger partial charge < -0.3 is 15.5 Å². The fourth-order valence-corrected chi connectivity index (χ4v) is 5.98. The SMILES string of the molecule is CCCCCCCCCCCCCCCCCCN(CCCCCCCCNC(=O)C(F)(F)F)CCCCCCCNC(=O)C(F)(F)F. The average Bonchev–Trinajstić information content (AvgIpc) is 3.03. The van der Waals surface area contributed by atoms with Crippen molar-refractivity contribution in [2.75, 3.05) is 32.7 Å². The smallest absolute Gasteiger partial charge is 0.348 e. The van der Waals surface area contributed by atoms with Crippen molar-refractivity contribution in [2.24, 2.45) is 0 Å². The number of rotatable bonds is 34. The van der Waals surface area contributed by atoms with E-state index < -0.39 is 24.2 Å². The van der Waals surface area contributed by atoms with Gasteiger partial charge in [0, 0.05) is 13.1 Å². The molecule has 0 aliphatic carbocycles. The lowest BCUT2D eigenvalue weighted by Crippen LogP contribution is -2.37. The Morgan fingerprint density at radius 3 is 0.875 bits per heavy atom. The summed E-state index contributed by atoms with van der Waals surface area (Å²) in [6.07, 6.45) is 21.6. The third-order valence-electron chi connectivity index (χ3n) is 8.97. The lowest BCUT2D eigenvalue weighted by molar-refractivity contribution is -0.173. The minimum atomic E-state index is -4.82. The summed E-state index contributed by atoms with van der Waals surface area (Å²) < 4.78 is 73.5. The van der Waals surface area contributed by atoms with E-state index in [9.17, 15) is 35.9 Å². The number of nitrogens with zero attached hydrogens (tertiary/aromatic N) is 1. The van der Waals surface area contributed by atoms with Crippen LogP contribution in [0.3, 0.4) is 0 Å². The topological polar surface area (TPSA) is 61.4 Å². The zero-order valence-corrected chi connectivity index (χ0v) is 30.2. The van der Waals surface area contributed by atoms with Crippen molar-refractivity contribution in [3.63, 3.8) is 0 Å². The molecule has 0 aliphatic heterocycles. The van der Waals surface area contributed by atoms with Crippen molar-refractivity contribution in [1.29, 1.82) is 0 Å². The Balaban J connectivity index is 4.06. The van der Waals surface area contributed by atoms with E-state index in [1.54, 1.807) is 0 Å². The van der Waals surface area contributed by atoms with Gasteiger partial charge in [-0.05, 0) is 51.7 Å². The summed E-state index contributed by atoms with van der Waals surface area (Å²) in [7, 11) is 0. The van der Waals surface area contributed by atoms with Crippen LogP contribution in [0.4, 0.5) is 26.3 Å². The monoisotopic (exact) mass is 702 g/mol. The largest absolute Gasteiger partial charge is 0.471 e. The summed E-state index contributed by atoms with van der Waals surface area (Å²) in [5, 5.41) is 3.84. The predicted molar refractivity (Wildman–Crippen MR) is 185 cm³/mol. The molecular formula is C37H69F6N3O2. The zero-order valence-electron chi connectivity index (χ0n) is 30.2. The first-order chi connectivity index (χ1) is 23.0. The van der Waals surface area contributed by atoms with Gasteiger partial charge in [0.2, 0.25) is 0 Å². The minimum Gasteiger partial charge on any atom is -0.348 e. The predicted octanol–water partition coefficient (Wildman–Crippen LogP) is 11.2. The summed E-state index contributed by atoms with van der Waals surface area (Å²) in [4.78, 5) is 24.3.